The standard InChI is InChI=1S/C8H4Br/c1-2-7-4-3-5-8(9)6-7/h3-6H. The summed E-state index contributed by atoms with van der Waals surface area (Å²) in [6.45, 7) is 0. The van der Waals surface area contributed by atoms with Gasteiger partial charge in [-0.1, -0.05) is 27.9 Å². The van der Waals surface area contributed by atoms with Crippen molar-refractivity contribution in [1.29, 1.82) is 0 Å². The summed E-state index contributed by atoms with van der Waals surface area (Å²) in [4.78, 5) is 0. The summed E-state index contributed by atoms with van der Waals surface area (Å²) >= 11 is 3.28. The molecule has 0 bridgehead atoms. The van der Waals surface area contributed by atoms with Crippen LogP contribution >= 0.6 is 15.9 Å². The van der Waals surface area contributed by atoms with Gasteiger partial charge in [-0.3, -0.25) is 0 Å². The van der Waals surface area contributed by atoms with E-state index in [0.717, 1.165) is 10.0 Å². The zero-order valence-corrected chi connectivity index (χ0v) is 6.27. The van der Waals surface area contributed by atoms with E-state index in [0.29, 0.717) is 0 Å². The summed E-state index contributed by atoms with van der Waals surface area (Å²) in [5, 5.41) is 0. The molecule has 0 aromatic heterocycles. The average Bonchev–Trinajstić information content (AvgIpc) is 1.88. The molecule has 1 heteroatoms. The molecule has 1 rings (SSSR count). The van der Waals surface area contributed by atoms with Crippen molar-refractivity contribution in [2.75, 3.05) is 0 Å². The van der Waals surface area contributed by atoms with E-state index in [-0.39, 0.29) is 0 Å². The maximum atomic E-state index is 6.77. The number of hydrogen-bond donors (Lipinski definition) is 0. The van der Waals surface area contributed by atoms with Gasteiger partial charge in [-0.25, -0.2) is 0 Å². The van der Waals surface area contributed by atoms with Gasteiger partial charge in [0.05, 0.1) is 0 Å². The van der Waals surface area contributed by atoms with Crippen LogP contribution in [-0.2, 0) is 0 Å². The van der Waals surface area contributed by atoms with Gasteiger partial charge in [0.2, 0.25) is 0 Å². The van der Waals surface area contributed by atoms with Gasteiger partial charge in [-0.2, -0.15) is 0 Å². The second kappa shape index (κ2) is 2.70. The molecule has 43 valence electrons. The molecule has 0 aliphatic heterocycles. The number of hydrogen-bond acceptors (Lipinski definition) is 0. The normalized spacial score (nSPS) is 8.44. The Bertz CT molecular complexity index is 245. The molecule has 0 atom stereocenters. The summed E-state index contributed by atoms with van der Waals surface area (Å²) in [5.41, 5.74) is 0.796. The highest BCUT2D eigenvalue weighted by molar-refractivity contribution is 9.10. The van der Waals surface area contributed by atoms with Crippen LogP contribution in [0.5, 0.6) is 0 Å². The van der Waals surface area contributed by atoms with Gasteiger partial charge in [0, 0.05) is 10.0 Å². The SMILES string of the molecule is [C]#Cc1cccc(Br)c1. The molecule has 0 spiro atoms. The molecule has 0 nitrogen and oxygen atoms in total. The molecule has 0 saturated heterocycles. The molecule has 0 aliphatic carbocycles. The van der Waals surface area contributed by atoms with Gasteiger partial charge in [-0.15, -0.1) is 0 Å². The first-order valence-corrected chi connectivity index (χ1v) is 3.30. The minimum atomic E-state index is 0.796. The Morgan fingerprint density at radius 1 is 1.44 bits per heavy atom. The van der Waals surface area contributed by atoms with Crippen LogP contribution in [0.3, 0.4) is 0 Å². The van der Waals surface area contributed by atoms with E-state index in [2.05, 4.69) is 21.9 Å². The van der Waals surface area contributed by atoms with Crippen molar-refractivity contribution >= 4 is 15.9 Å². The van der Waals surface area contributed by atoms with Crippen molar-refractivity contribution in [3.63, 3.8) is 0 Å². The van der Waals surface area contributed by atoms with Crippen molar-refractivity contribution in [2.45, 2.75) is 0 Å². The van der Waals surface area contributed by atoms with Crippen LogP contribution < -0.4 is 0 Å². The molecule has 0 saturated carbocycles. The summed E-state index contributed by atoms with van der Waals surface area (Å²) in [6, 6.07) is 7.46. The van der Waals surface area contributed by atoms with Crippen LogP contribution in [0, 0.1) is 12.3 Å². The summed E-state index contributed by atoms with van der Waals surface area (Å²) in [5.74, 6) is 2.29. The third-order valence-corrected chi connectivity index (χ3v) is 1.46. The van der Waals surface area contributed by atoms with E-state index >= 15 is 0 Å². The van der Waals surface area contributed by atoms with Gasteiger partial charge in [0.1, 0.15) is 0 Å². The minimum Gasteiger partial charge on any atom is -0.0599 e. The number of benzene rings is 1. The summed E-state index contributed by atoms with van der Waals surface area (Å²) in [6.07, 6.45) is 6.77. The largest absolute Gasteiger partial charge is 0.0599 e. The van der Waals surface area contributed by atoms with Gasteiger partial charge < -0.3 is 0 Å². The van der Waals surface area contributed by atoms with Crippen molar-refractivity contribution in [1.82, 2.24) is 0 Å². The molecule has 1 aromatic rings. The zero-order chi connectivity index (χ0) is 6.69. The van der Waals surface area contributed by atoms with E-state index in [9.17, 15) is 0 Å². The van der Waals surface area contributed by atoms with Crippen LogP contribution in [0.25, 0.3) is 0 Å². The number of rotatable bonds is 0. The molecule has 9 heavy (non-hydrogen) atoms. The Morgan fingerprint density at radius 3 is 2.67 bits per heavy atom. The van der Waals surface area contributed by atoms with Crippen molar-refractivity contribution < 1.29 is 0 Å². The first-order valence-electron chi connectivity index (χ1n) is 2.51. The topological polar surface area (TPSA) is 0 Å². The molecule has 0 aliphatic rings. The molecule has 0 heterocycles. The van der Waals surface area contributed by atoms with Crippen LogP contribution in [0.1, 0.15) is 5.56 Å². The fourth-order valence-electron chi connectivity index (χ4n) is 0.566. The highest BCUT2D eigenvalue weighted by Gasteiger charge is 1.85. The molecule has 0 unspecified atom stereocenters. The Balaban J connectivity index is 3.12. The Kier molecular flexibility index (Phi) is 1.92. The van der Waals surface area contributed by atoms with E-state index in [4.69, 9.17) is 6.42 Å². The minimum absolute atomic E-state index is 0.796. The Labute approximate surface area is 63.0 Å². The Morgan fingerprint density at radius 2 is 2.22 bits per heavy atom. The molecule has 0 fully saturated rings. The molecule has 1 radical (unpaired) electrons. The van der Waals surface area contributed by atoms with Gasteiger partial charge >= 0.3 is 0 Å². The monoisotopic (exact) mass is 179 g/mol. The van der Waals surface area contributed by atoms with Crippen molar-refractivity contribution in [2.24, 2.45) is 0 Å². The zero-order valence-electron chi connectivity index (χ0n) is 4.69. The molecule has 0 amide bonds. The smallest absolute Gasteiger partial charge is 0.0266 e. The van der Waals surface area contributed by atoms with Gasteiger partial charge in [0.15, 0.2) is 0 Å². The predicted molar refractivity (Wildman–Crippen MR) is 40.4 cm³/mol. The van der Waals surface area contributed by atoms with Gasteiger partial charge in [-0.05, 0) is 24.6 Å². The third-order valence-electron chi connectivity index (χ3n) is 0.969. The van der Waals surface area contributed by atoms with Crippen molar-refractivity contribution in [3.8, 4) is 5.92 Å². The van der Waals surface area contributed by atoms with Crippen molar-refractivity contribution in [3.05, 3.63) is 40.7 Å². The van der Waals surface area contributed by atoms with E-state index in [1.54, 1.807) is 0 Å². The second-order valence-electron chi connectivity index (χ2n) is 1.64. The summed E-state index contributed by atoms with van der Waals surface area (Å²) in [7, 11) is 0. The van der Waals surface area contributed by atoms with E-state index in [1.165, 1.54) is 0 Å². The van der Waals surface area contributed by atoms with E-state index in [1.807, 2.05) is 24.3 Å². The fourth-order valence-corrected chi connectivity index (χ4v) is 0.965. The quantitative estimate of drug-likeness (QED) is 0.537. The van der Waals surface area contributed by atoms with Crippen LogP contribution in [-0.4, -0.2) is 0 Å². The lowest BCUT2D eigenvalue weighted by Crippen LogP contribution is -1.69. The fraction of sp³-hybridized carbons (Fsp3) is 0. The molecule has 0 N–H and O–H groups in total. The first-order chi connectivity index (χ1) is 4.33. The maximum absolute atomic E-state index is 6.77. The van der Waals surface area contributed by atoms with Crippen LogP contribution in [0.15, 0.2) is 28.7 Å². The van der Waals surface area contributed by atoms with Crippen LogP contribution in [0.2, 0.25) is 0 Å². The molecule has 1 aromatic carbocycles. The predicted octanol–water partition coefficient (Wildman–Crippen LogP) is 2.39. The average molecular weight is 180 g/mol. The number of halogens is 1. The third kappa shape index (κ3) is 1.58. The lowest BCUT2D eigenvalue weighted by molar-refractivity contribution is 1.60. The van der Waals surface area contributed by atoms with E-state index < -0.39 is 0 Å². The maximum Gasteiger partial charge on any atom is 0.0266 e. The van der Waals surface area contributed by atoms with Crippen LogP contribution in [0.4, 0.5) is 0 Å². The first kappa shape index (κ1) is 6.38. The second-order valence-corrected chi connectivity index (χ2v) is 2.55. The molecular weight excluding hydrogens is 176 g/mol. The Hall–Kier alpha value is -0.740. The summed E-state index contributed by atoms with van der Waals surface area (Å²) < 4.78 is 0.986. The lowest BCUT2D eigenvalue weighted by atomic mass is 10.2. The van der Waals surface area contributed by atoms with Gasteiger partial charge in [0.25, 0.3) is 0 Å². The molecular formula is C8H4Br. The highest BCUT2D eigenvalue weighted by atomic mass is 79.9. The lowest BCUT2D eigenvalue weighted by Gasteiger charge is -1.88. The highest BCUT2D eigenvalue weighted by Crippen LogP contribution is 2.09.